The van der Waals surface area contributed by atoms with E-state index in [2.05, 4.69) is 91.0 Å². The van der Waals surface area contributed by atoms with E-state index >= 15 is 0 Å². The number of benzene rings is 1. The summed E-state index contributed by atoms with van der Waals surface area (Å²) in [4.78, 5) is 7.21. The third-order valence-corrected chi connectivity index (χ3v) is 9.07. The molecule has 2 aromatic rings. The Hall–Kier alpha value is -2.07. The van der Waals surface area contributed by atoms with Crippen LogP contribution in [0, 0.1) is 24.0 Å². The second kappa shape index (κ2) is 14.2. The highest BCUT2D eigenvalue weighted by atomic mass is 19.4. The molecule has 2 heterocycles. The fourth-order valence-corrected chi connectivity index (χ4v) is 6.16. The van der Waals surface area contributed by atoms with Crippen LogP contribution in [0.25, 0.3) is 0 Å². The zero-order valence-electron chi connectivity index (χ0n) is 24.9. The maximum Gasteiger partial charge on any atom is 0.391 e. The summed E-state index contributed by atoms with van der Waals surface area (Å²) in [5.41, 5.74) is 5.01. The molecule has 0 amide bonds. The Kier molecular flexibility index (Phi) is 11.0. The average Bonchev–Trinajstić information content (AvgIpc) is 2.93. The first-order valence-electron chi connectivity index (χ1n) is 15.3. The molecule has 6 heteroatoms. The first-order valence-corrected chi connectivity index (χ1v) is 15.3. The smallest absolute Gasteiger partial charge is 0.306 e. The van der Waals surface area contributed by atoms with Crippen molar-refractivity contribution in [1.29, 1.82) is 0 Å². The Morgan fingerprint density at radius 1 is 0.850 bits per heavy atom. The molecule has 2 fully saturated rings. The lowest BCUT2D eigenvalue weighted by Crippen LogP contribution is -2.38. The molecule has 2 aromatic carbocycles. The Morgan fingerprint density at radius 3 is 2.05 bits per heavy atom. The number of halogens is 3. The molecule has 0 spiro atoms. The summed E-state index contributed by atoms with van der Waals surface area (Å²) >= 11 is 0. The van der Waals surface area contributed by atoms with E-state index in [0.717, 1.165) is 51.6 Å². The molecular weight excluding hydrogens is 507 g/mol. The highest BCUT2D eigenvalue weighted by molar-refractivity contribution is 5.25. The second-order valence-corrected chi connectivity index (χ2v) is 12.7. The maximum absolute atomic E-state index is 12.9. The molecule has 0 bridgehead atoms. The molecular formula is C34H48F3N3. The lowest BCUT2D eigenvalue weighted by atomic mass is 9.94. The zero-order chi connectivity index (χ0) is 28.7. The summed E-state index contributed by atoms with van der Waals surface area (Å²) in [6.45, 7) is 14.0. The third kappa shape index (κ3) is 9.23. The first-order chi connectivity index (χ1) is 19.1. The van der Waals surface area contributed by atoms with Crippen molar-refractivity contribution in [3.8, 4) is 0 Å². The fourth-order valence-electron chi connectivity index (χ4n) is 6.16. The minimum absolute atomic E-state index is 0.218. The van der Waals surface area contributed by atoms with Gasteiger partial charge in [-0.2, -0.15) is 13.2 Å². The van der Waals surface area contributed by atoms with E-state index in [4.69, 9.17) is 0 Å². The number of alkyl halides is 3. The summed E-state index contributed by atoms with van der Waals surface area (Å²) in [5.74, 6) is 0.611. The zero-order valence-corrected chi connectivity index (χ0v) is 24.9. The van der Waals surface area contributed by atoms with Crippen LogP contribution in [0.4, 0.5) is 13.2 Å². The Bertz CT molecular complexity index is 1000. The number of rotatable bonds is 11. The van der Waals surface area contributed by atoms with Crippen LogP contribution in [-0.4, -0.2) is 67.2 Å². The lowest BCUT2D eigenvalue weighted by Gasteiger charge is -2.34. The summed E-state index contributed by atoms with van der Waals surface area (Å²) in [7, 11) is 2.26. The average molecular weight is 556 g/mol. The molecule has 2 aliphatic heterocycles. The molecule has 2 saturated heterocycles. The van der Waals surface area contributed by atoms with Crippen molar-refractivity contribution in [1.82, 2.24) is 14.7 Å². The summed E-state index contributed by atoms with van der Waals surface area (Å²) in [6, 6.07) is 19.8. The third-order valence-electron chi connectivity index (χ3n) is 9.07. The molecule has 0 N–H and O–H groups in total. The molecule has 0 saturated carbocycles. The van der Waals surface area contributed by atoms with Gasteiger partial charge in [-0.25, -0.2) is 0 Å². The standard InChI is InChI=1S/C34H48F3N3/c1-26(2)31-9-5-28(6-10-31)24-39-19-14-30(15-20-39)23-38(4)18-13-27(3)32-11-7-29(8-12-32)25-40-21-16-33(17-22-40)34(35,36)37/h5,7-9,11-12,26-27,30,33H,13-25H2,1-4H3. The highest BCUT2D eigenvalue weighted by Crippen LogP contribution is 2.34. The van der Waals surface area contributed by atoms with E-state index in [1.165, 1.54) is 35.1 Å². The summed E-state index contributed by atoms with van der Waals surface area (Å²) < 4.78 is 38.8. The molecule has 1 atom stereocenters. The number of hydrogen-bond donors (Lipinski definition) is 0. The maximum atomic E-state index is 12.9. The van der Waals surface area contributed by atoms with E-state index in [1.807, 2.05) is 0 Å². The highest BCUT2D eigenvalue weighted by Gasteiger charge is 2.40. The van der Waals surface area contributed by atoms with Gasteiger partial charge in [-0.1, -0.05) is 57.2 Å². The first kappa shape index (κ1) is 30.9. The van der Waals surface area contributed by atoms with Crippen LogP contribution in [-0.2, 0) is 13.1 Å². The van der Waals surface area contributed by atoms with Crippen molar-refractivity contribution in [2.24, 2.45) is 11.8 Å². The van der Waals surface area contributed by atoms with E-state index in [-0.39, 0.29) is 12.8 Å². The van der Waals surface area contributed by atoms with Crippen molar-refractivity contribution >= 4 is 0 Å². The largest absolute Gasteiger partial charge is 0.391 e. The van der Waals surface area contributed by atoms with Gasteiger partial charge in [0.1, 0.15) is 0 Å². The summed E-state index contributed by atoms with van der Waals surface area (Å²) in [5, 5.41) is 0. The van der Waals surface area contributed by atoms with E-state index in [0.29, 0.717) is 24.9 Å². The topological polar surface area (TPSA) is 9.72 Å². The van der Waals surface area contributed by atoms with Crippen LogP contribution in [0.3, 0.4) is 0 Å². The minimum Gasteiger partial charge on any atom is -0.306 e. The van der Waals surface area contributed by atoms with Gasteiger partial charge in [0.25, 0.3) is 0 Å². The van der Waals surface area contributed by atoms with Crippen molar-refractivity contribution in [3.63, 3.8) is 0 Å². The van der Waals surface area contributed by atoms with Crippen molar-refractivity contribution in [2.45, 2.75) is 84.0 Å². The van der Waals surface area contributed by atoms with E-state index in [9.17, 15) is 13.2 Å². The number of likely N-dealkylation sites (tertiary alicyclic amines) is 2. The lowest BCUT2D eigenvalue weighted by molar-refractivity contribution is -0.185. The Morgan fingerprint density at radius 2 is 1.48 bits per heavy atom. The molecule has 1 unspecified atom stereocenters. The predicted molar refractivity (Wildman–Crippen MR) is 157 cm³/mol. The van der Waals surface area contributed by atoms with Gasteiger partial charge in [0.05, 0.1) is 5.92 Å². The van der Waals surface area contributed by atoms with Gasteiger partial charge in [-0.15, -0.1) is 0 Å². The SMILES string of the molecule is CC(C)c1c#cc(CN2CCC(CN(C)CCC(C)c3ccc(CN4CCC(C(F)(F)F)CC4)cc3)CC2)cc1. The van der Waals surface area contributed by atoms with Gasteiger partial charge < -0.3 is 4.90 Å². The molecule has 0 aromatic heterocycles. The van der Waals surface area contributed by atoms with E-state index < -0.39 is 12.1 Å². The minimum atomic E-state index is -4.05. The molecule has 0 radical (unpaired) electrons. The molecule has 40 heavy (non-hydrogen) atoms. The van der Waals surface area contributed by atoms with Crippen LogP contribution in [0.1, 0.15) is 87.0 Å². The van der Waals surface area contributed by atoms with E-state index in [1.54, 1.807) is 0 Å². The van der Waals surface area contributed by atoms with Crippen LogP contribution in [0.5, 0.6) is 0 Å². The molecule has 4 rings (SSSR count). The molecule has 2 aliphatic rings. The number of piperidine rings is 2. The van der Waals surface area contributed by atoms with Gasteiger partial charge in [0.15, 0.2) is 0 Å². The van der Waals surface area contributed by atoms with Crippen molar-refractivity contribution < 1.29 is 13.2 Å². The van der Waals surface area contributed by atoms with Gasteiger partial charge in [-0.3, -0.25) is 9.80 Å². The van der Waals surface area contributed by atoms with Gasteiger partial charge in [0.2, 0.25) is 0 Å². The predicted octanol–water partition coefficient (Wildman–Crippen LogP) is 7.52. The number of hydrogen-bond acceptors (Lipinski definition) is 3. The number of nitrogens with zero attached hydrogens (tertiary/aromatic N) is 3. The molecule has 220 valence electrons. The normalized spacial score (nSPS) is 19.3. The van der Waals surface area contributed by atoms with Crippen molar-refractivity contribution in [2.75, 3.05) is 46.3 Å². The van der Waals surface area contributed by atoms with Gasteiger partial charge >= 0.3 is 6.18 Å². The Labute approximate surface area is 240 Å². The van der Waals surface area contributed by atoms with Gasteiger partial charge in [-0.05, 0) is 113 Å². The molecule has 3 nitrogen and oxygen atoms in total. The summed E-state index contributed by atoms with van der Waals surface area (Å²) in [6.07, 6.45) is 0.0181. The monoisotopic (exact) mass is 555 g/mol. The quantitative estimate of drug-likeness (QED) is 0.284. The Balaban J connectivity index is 1.12. The van der Waals surface area contributed by atoms with Crippen LogP contribution < -0.4 is 0 Å². The molecule has 0 aliphatic carbocycles. The van der Waals surface area contributed by atoms with Gasteiger partial charge in [0, 0.05) is 30.8 Å². The van der Waals surface area contributed by atoms with Crippen molar-refractivity contribution in [3.05, 3.63) is 70.8 Å². The van der Waals surface area contributed by atoms with Crippen LogP contribution in [0.15, 0.2) is 36.4 Å². The van der Waals surface area contributed by atoms with Crippen LogP contribution in [0.2, 0.25) is 0 Å². The van der Waals surface area contributed by atoms with Crippen LogP contribution >= 0.6 is 0 Å². The fraction of sp³-hybridized carbons (Fsp3) is 0.647. The second-order valence-electron chi connectivity index (χ2n) is 12.7.